The van der Waals surface area contributed by atoms with Gasteiger partial charge >= 0.3 is 0 Å². The Morgan fingerprint density at radius 1 is 1.24 bits per heavy atom. The van der Waals surface area contributed by atoms with Gasteiger partial charge in [-0.1, -0.05) is 11.6 Å². The number of rotatable bonds is 6. The third kappa shape index (κ3) is 5.06. The Hall–Kier alpha value is -2.34. The molecule has 0 bridgehead atoms. The largest absolute Gasteiger partial charge is 0.484 e. The molecule has 3 rings (SSSR count). The molecule has 0 unspecified atom stereocenters. The van der Waals surface area contributed by atoms with E-state index in [4.69, 9.17) is 16.3 Å². The van der Waals surface area contributed by atoms with Crippen molar-refractivity contribution in [2.45, 2.75) is 26.3 Å². The number of nitrogens with one attached hydrogen (secondary N) is 1. The predicted molar refractivity (Wildman–Crippen MR) is 97.0 cm³/mol. The topological polar surface area (TPSA) is 67.3 Å². The molecule has 25 heavy (non-hydrogen) atoms. The van der Waals surface area contributed by atoms with E-state index >= 15 is 0 Å². The highest BCUT2D eigenvalue weighted by atomic mass is 35.5. The Balaban J connectivity index is 1.52. The highest BCUT2D eigenvalue weighted by Crippen LogP contribution is 2.17. The van der Waals surface area contributed by atoms with Crippen LogP contribution in [0, 0.1) is 6.92 Å². The zero-order valence-corrected chi connectivity index (χ0v) is 14.9. The molecule has 132 valence electrons. The number of benzene rings is 1. The Bertz CT molecular complexity index is 730. The Labute approximate surface area is 152 Å². The molecule has 1 saturated heterocycles. The summed E-state index contributed by atoms with van der Waals surface area (Å²) in [5, 5.41) is 3.46. The van der Waals surface area contributed by atoms with Gasteiger partial charge in [-0.15, -0.1) is 0 Å². The van der Waals surface area contributed by atoms with Crippen LogP contribution in [-0.4, -0.2) is 35.6 Å². The minimum Gasteiger partial charge on any atom is -0.484 e. The molecule has 1 fully saturated rings. The van der Waals surface area contributed by atoms with Crippen LogP contribution in [-0.2, 0) is 11.3 Å². The van der Waals surface area contributed by atoms with Gasteiger partial charge in [0.15, 0.2) is 6.61 Å². The number of amides is 1. The average molecular weight is 361 g/mol. The molecular formula is C18H21ClN4O2. The van der Waals surface area contributed by atoms with Crippen molar-refractivity contribution < 1.29 is 9.53 Å². The minimum atomic E-state index is -0.200. The minimum absolute atomic E-state index is 0.0509. The Morgan fingerprint density at radius 3 is 2.68 bits per heavy atom. The summed E-state index contributed by atoms with van der Waals surface area (Å²) in [6.07, 6.45) is 2.34. The first kappa shape index (κ1) is 17.5. The van der Waals surface area contributed by atoms with E-state index in [-0.39, 0.29) is 12.5 Å². The lowest BCUT2D eigenvalue weighted by Crippen LogP contribution is -2.29. The van der Waals surface area contributed by atoms with Crippen LogP contribution < -0.4 is 15.0 Å². The van der Waals surface area contributed by atoms with Gasteiger partial charge in [0, 0.05) is 23.8 Å². The van der Waals surface area contributed by atoms with E-state index < -0.39 is 0 Å². The van der Waals surface area contributed by atoms with Crippen LogP contribution in [0.4, 0.5) is 5.95 Å². The van der Waals surface area contributed by atoms with Crippen molar-refractivity contribution in [1.82, 2.24) is 15.3 Å². The normalized spacial score (nSPS) is 13.8. The van der Waals surface area contributed by atoms with Crippen LogP contribution in [0.3, 0.4) is 0 Å². The molecule has 2 heterocycles. The first-order valence-corrected chi connectivity index (χ1v) is 8.72. The molecule has 7 heteroatoms. The molecule has 1 aliphatic heterocycles. The van der Waals surface area contributed by atoms with Crippen LogP contribution in [0.2, 0.25) is 5.02 Å². The molecule has 1 N–H and O–H groups in total. The van der Waals surface area contributed by atoms with Crippen molar-refractivity contribution in [2.75, 3.05) is 24.6 Å². The zero-order chi connectivity index (χ0) is 17.6. The summed E-state index contributed by atoms with van der Waals surface area (Å²) in [4.78, 5) is 23.2. The van der Waals surface area contributed by atoms with Gasteiger partial charge in [-0.25, -0.2) is 9.97 Å². The molecule has 0 spiro atoms. The fourth-order valence-electron chi connectivity index (χ4n) is 2.69. The number of aryl methyl sites for hydroxylation is 1. The number of halogens is 1. The summed E-state index contributed by atoms with van der Waals surface area (Å²) in [5.74, 6) is 1.15. The van der Waals surface area contributed by atoms with E-state index in [2.05, 4.69) is 20.2 Å². The SMILES string of the molecule is Cc1cc(CNC(=O)COc2ccc(Cl)cc2)nc(N2CCCC2)n1. The van der Waals surface area contributed by atoms with Crippen LogP contribution in [0.25, 0.3) is 0 Å². The Morgan fingerprint density at radius 2 is 1.96 bits per heavy atom. The molecule has 0 radical (unpaired) electrons. The van der Waals surface area contributed by atoms with Crippen LogP contribution in [0.5, 0.6) is 5.75 Å². The molecule has 1 amide bonds. The lowest BCUT2D eigenvalue weighted by atomic mass is 10.3. The quantitative estimate of drug-likeness (QED) is 0.857. The van der Waals surface area contributed by atoms with Gasteiger partial charge in [-0.05, 0) is 50.1 Å². The van der Waals surface area contributed by atoms with Crippen molar-refractivity contribution in [3.05, 3.63) is 46.7 Å². The smallest absolute Gasteiger partial charge is 0.258 e. The van der Waals surface area contributed by atoms with Gasteiger partial charge in [0.25, 0.3) is 5.91 Å². The van der Waals surface area contributed by atoms with E-state index in [1.54, 1.807) is 24.3 Å². The highest BCUT2D eigenvalue weighted by molar-refractivity contribution is 6.30. The van der Waals surface area contributed by atoms with Crippen molar-refractivity contribution in [3.8, 4) is 5.75 Å². The lowest BCUT2D eigenvalue weighted by Gasteiger charge is -2.16. The molecule has 0 saturated carbocycles. The first-order chi connectivity index (χ1) is 12.1. The lowest BCUT2D eigenvalue weighted by molar-refractivity contribution is -0.123. The summed E-state index contributed by atoms with van der Waals surface area (Å²) in [6, 6.07) is 8.79. The van der Waals surface area contributed by atoms with Crippen molar-refractivity contribution in [2.24, 2.45) is 0 Å². The summed E-state index contributed by atoms with van der Waals surface area (Å²) < 4.78 is 5.43. The van der Waals surface area contributed by atoms with E-state index in [1.807, 2.05) is 13.0 Å². The third-order valence-electron chi connectivity index (χ3n) is 3.93. The number of anilines is 1. The number of ether oxygens (including phenoxy) is 1. The summed E-state index contributed by atoms with van der Waals surface area (Å²) in [5.41, 5.74) is 1.70. The maximum atomic E-state index is 12.0. The molecule has 1 aromatic carbocycles. The van der Waals surface area contributed by atoms with Crippen molar-refractivity contribution in [1.29, 1.82) is 0 Å². The maximum Gasteiger partial charge on any atom is 0.258 e. The number of hydrogen-bond acceptors (Lipinski definition) is 5. The van der Waals surface area contributed by atoms with Gasteiger partial charge < -0.3 is 15.0 Å². The maximum absolute atomic E-state index is 12.0. The van der Waals surface area contributed by atoms with E-state index in [9.17, 15) is 4.79 Å². The summed E-state index contributed by atoms with van der Waals surface area (Å²) in [6.45, 7) is 4.22. The zero-order valence-electron chi connectivity index (χ0n) is 14.2. The molecule has 1 aliphatic rings. The fourth-order valence-corrected chi connectivity index (χ4v) is 2.81. The molecule has 6 nitrogen and oxygen atoms in total. The Kier molecular flexibility index (Phi) is 5.71. The first-order valence-electron chi connectivity index (χ1n) is 8.35. The molecule has 2 aromatic rings. The number of carbonyl (C=O) groups excluding carboxylic acids is 1. The molecule has 0 atom stereocenters. The van der Waals surface area contributed by atoms with Crippen molar-refractivity contribution >= 4 is 23.5 Å². The number of hydrogen-bond donors (Lipinski definition) is 1. The van der Waals surface area contributed by atoms with Crippen LogP contribution in [0.1, 0.15) is 24.2 Å². The van der Waals surface area contributed by atoms with Gasteiger partial charge in [0.1, 0.15) is 5.75 Å². The van der Waals surface area contributed by atoms with Crippen LogP contribution >= 0.6 is 11.6 Å². The standard InChI is InChI=1S/C18H21ClN4O2/c1-13-10-15(22-18(21-13)23-8-2-3-9-23)11-20-17(24)12-25-16-6-4-14(19)5-7-16/h4-7,10H,2-3,8-9,11-12H2,1H3,(H,20,24). The summed E-state index contributed by atoms with van der Waals surface area (Å²) in [7, 11) is 0. The van der Waals surface area contributed by atoms with E-state index in [0.29, 0.717) is 17.3 Å². The molecule has 1 aromatic heterocycles. The highest BCUT2D eigenvalue weighted by Gasteiger charge is 2.16. The number of aromatic nitrogens is 2. The second-order valence-electron chi connectivity index (χ2n) is 6.01. The van der Waals surface area contributed by atoms with E-state index in [1.165, 1.54) is 12.8 Å². The number of carbonyl (C=O) groups is 1. The van der Waals surface area contributed by atoms with E-state index in [0.717, 1.165) is 30.4 Å². The average Bonchev–Trinajstić information content (AvgIpc) is 3.14. The predicted octanol–water partition coefficient (Wildman–Crippen LogP) is 2.73. The van der Waals surface area contributed by atoms with Gasteiger partial charge in [-0.3, -0.25) is 4.79 Å². The summed E-state index contributed by atoms with van der Waals surface area (Å²) >= 11 is 5.81. The molecular weight excluding hydrogens is 340 g/mol. The molecule has 0 aliphatic carbocycles. The van der Waals surface area contributed by atoms with Gasteiger partial charge in [0.2, 0.25) is 5.95 Å². The number of nitrogens with zero attached hydrogens (tertiary/aromatic N) is 3. The second-order valence-corrected chi connectivity index (χ2v) is 6.45. The van der Waals surface area contributed by atoms with Gasteiger partial charge in [-0.2, -0.15) is 0 Å². The third-order valence-corrected chi connectivity index (χ3v) is 4.19. The fraction of sp³-hybridized carbons (Fsp3) is 0.389. The van der Waals surface area contributed by atoms with Crippen LogP contribution in [0.15, 0.2) is 30.3 Å². The van der Waals surface area contributed by atoms with Gasteiger partial charge in [0.05, 0.1) is 12.2 Å². The second kappa shape index (κ2) is 8.16. The van der Waals surface area contributed by atoms with Crippen molar-refractivity contribution in [3.63, 3.8) is 0 Å². The monoisotopic (exact) mass is 360 g/mol.